The first-order chi connectivity index (χ1) is 9.62. The Labute approximate surface area is 129 Å². The molecule has 1 atom stereocenters. The summed E-state index contributed by atoms with van der Waals surface area (Å²) >= 11 is 5.78. The number of hydrogen-bond acceptors (Lipinski definition) is 4. The van der Waals surface area contributed by atoms with Gasteiger partial charge in [0, 0.05) is 12.0 Å². The fourth-order valence-electron chi connectivity index (χ4n) is 2.22. The van der Waals surface area contributed by atoms with Gasteiger partial charge < -0.3 is 14.4 Å². The van der Waals surface area contributed by atoms with Crippen molar-refractivity contribution in [2.24, 2.45) is 0 Å². The van der Waals surface area contributed by atoms with Crippen LogP contribution in [0, 0.1) is 0 Å². The lowest BCUT2D eigenvalue weighted by atomic mass is 9.66. The Morgan fingerprint density at radius 3 is 2.33 bits per heavy atom. The quantitative estimate of drug-likeness (QED) is 0.684. The Morgan fingerprint density at radius 1 is 1.33 bits per heavy atom. The number of hydrogen-bond donors (Lipinski definition) is 1. The molecule has 1 unspecified atom stereocenters. The third kappa shape index (κ3) is 3.39. The lowest BCUT2D eigenvalue weighted by molar-refractivity contribution is -0.137. The van der Waals surface area contributed by atoms with Gasteiger partial charge in [-0.05, 0) is 39.3 Å². The third-order valence-electron chi connectivity index (χ3n) is 4.17. The minimum Gasteiger partial charge on any atom is -0.481 e. The van der Waals surface area contributed by atoms with Crippen LogP contribution in [0.3, 0.4) is 0 Å². The van der Waals surface area contributed by atoms with E-state index in [4.69, 9.17) is 26.0 Å². The van der Waals surface area contributed by atoms with E-state index in [0.717, 1.165) is 5.56 Å². The molecule has 0 radical (unpaired) electrons. The second-order valence-corrected chi connectivity index (χ2v) is 6.63. The van der Waals surface area contributed by atoms with Crippen molar-refractivity contribution in [3.63, 3.8) is 0 Å². The smallest absolute Gasteiger partial charge is 0.466 e. The number of aromatic nitrogens is 1. The molecule has 1 fully saturated rings. The largest absolute Gasteiger partial charge is 0.481 e. The summed E-state index contributed by atoms with van der Waals surface area (Å²) in [5.74, 6) is -1.35. The van der Waals surface area contributed by atoms with E-state index in [0.29, 0.717) is 5.15 Å². The summed E-state index contributed by atoms with van der Waals surface area (Å²) in [5, 5.41) is 9.53. The van der Waals surface area contributed by atoms with Gasteiger partial charge >= 0.3 is 13.1 Å². The first-order valence-corrected chi connectivity index (χ1v) is 7.19. The number of nitrogens with zero attached hydrogens (tertiary/aromatic N) is 1. The van der Waals surface area contributed by atoms with E-state index >= 15 is 0 Å². The molecule has 7 heteroatoms. The third-order valence-corrected chi connectivity index (χ3v) is 4.40. The topological polar surface area (TPSA) is 68.7 Å². The highest BCUT2D eigenvalue weighted by atomic mass is 35.5. The summed E-state index contributed by atoms with van der Waals surface area (Å²) in [7, 11) is -0.630. The van der Waals surface area contributed by atoms with E-state index in [-0.39, 0.29) is 6.42 Å². The molecule has 0 saturated carbocycles. The SMILES string of the molecule is CC1(C)OB(C(CC(=O)O)c2ccc(Cl)nc2)OC1(C)C. The zero-order chi connectivity index (χ0) is 15.8. The first-order valence-electron chi connectivity index (χ1n) is 6.81. The molecular formula is C14H19BClNO4. The molecule has 0 amide bonds. The number of rotatable bonds is 4. The maximum Gasteiger partial charge on any atom is 0.466 e. The van der Waals surface area contributed by atoms with Crippen LogP contribution in [0.2, 0.25) is 5.15 Å². The summed E-state index contributed by atoms with van der Waals surface area (Å²) in [5.41, 5.74) is -0.275. The van der Waals surface area contributed by atoms with E-state index in [1.807, 2.05) is 27.7 Å². The van der Waals surface area contributed by atoms with Gasteiger partial charge in [-0.1, -0.05) is 17.7 Å². The lowest BCUT2D eigenvalue weighted by Crippen LogP contribution is -2.41. The molecule has 114 valence electrons. The Kier molecular flexibility index (Phi) is 4.33. The summed E-state index contributed by atoms with van der Waals surface area (Å²) in [6.45, 7) is 7.74. The predicted octanol–water partition coefficient (Wildman–Crippen LogP) is 2.92. The van der Waals surface area contributed by atoms with E-state index in [1.54, 1.807) is 18.3 Å². The van der Waals surface area contributed by atoms with Gasteiger partial charge in [-0.15, -0.1) is 0 Å². The molecule has 0 bridgehead atoms. The molecule has 21 heavy (non-hydrogen) atoms. The van der Waals surface area contributed by atoms with Gasteiger partial charge in [0.05, 0.1) is 17.6 Å². The maximum atomic E-state index is 11.2. The average Bonchev–Trinajstić information content (AvgIpc) is 2.56. The maximum absolute atomic E-state index is 11.2. The number of carboxylic acids is 1. The fraction of sp³-hybridized carbons (Fsp3) is 0.571. The van der Waals surface area contributed by atoms with Gasteiger partial charge in [-0.2, -0.15) is 0 Å². The van der Waals surface area contributed by atoms with Gasteiger partial charge in [0.1, 0.15) is 5.15 Å². The van der Waals surface area contributed by atoms with E-state index < -0.39 is 30.1 Å². The number of carboxylic acid groups (broad SMARTS) is 1. The van der Waals surface area contributed by atoms with Crippen LogP contribution >= 0.6 is 11.6 Å². The molecule has 0 spiro atoms. The number of pyridine rings is 1. The number of aliphatic carboxylic acids is 1. The highest BCUT2D eigenvalue weighted by Crippen LogP contribution is 2.41. The first kappa shape index (κ1) is 16.3. The Balaban J connectivity index is 2.30. The van der Waals surface area contributed by atoms with Crippen LogP contribution in [0.4, 0.5) is 0 Å². The van der Waals surface area contributed by atoms with Crippen LogP contribution in [0.25, 0.3) is 0 Å². The lowest BCUT2D eigenvalue weighted by Gasteiger charge is -2.32. The average molecular weight is 312 g/mol. The van der Waals surface area contributed by atoms with Gasteiger partial charge in [0.25, 0.3) is 0 Å². The zero-order valence-corrected chi connectivity index (χ0v) is 13.3. The van der Waals surface area contributed by atoms with Gasteiger partial charge in [0.2, 0.25) is 0 Å². The minimum atomic E-state index is -0.912. The second-order valence-electron chi connectivity index (χ2n) is 6.24. The normalized spacial score (nSPS) is 21.3. The molecular weight excluding hydrogens is 292 g/mol. The molecule has 1 aromatic heterocycles. The Morgan fingerprint density at radius 2 is 1.90 bits per heavy atom. The van der Waals surface area contributed by atoms with Crippen molar-refractivity contribution in [1.29, 1.82) is 0 Å². The predicted molar refractivity (Wildman–Crippen MR) is 80.3 cm³/mol. The van der Waals surface area contributed by atoms with Crippen LogP contribution in [0.1, 0.15) is 45.5 Å². The Hall–Kier alpha value is -1.11. The van der Waals surface area contributed by atoms with E-state index in [1.165, 1.54) is 0 Å². The van der Waals surface area contributed by atoms with E-state index in [9.17, 15) is 4.79 Å². The summed E-state index contributed by atoms with van der Waals surface area (Å²) < 4.78 is 11.9. The Bertz CT molecular complexity index is 516. The second kappa shape index (κ2) is 5.59. The molecule has 1 aromatic rings. The van der Waals surface area contributed by atoms with Crippen molar-refractivity contribution in [3.05, 3.63) is 29.0 Å². The highest BCUT2D eigenvalue weighted by Gasteiger charge is 2.54. The number of halogens is 1. The van der Waals surface area contributed by atoms with Crippen LogP contribution in [0.5, 0.6) is 0 Å². The molecule has 1 aliphatic heterocycles. The van der Waals surface area contributed by atoms with Crippen molar-refractivity contribution in [2.45, 2.75) is 51.1 Å². The summed E-state index contributed by atoms with van der Waals surface area (Å²) in [6.07, 6.45) is 1.47. The molecule has 0 aromatic carbocycles. The molecule has 2 heterocycles. The summed E-state index contributed by atoms with van der Waals surface area (Å²) in [6, 6.07) is 3.39. The summed E-state index contributed by atoms with van der Waals surface area (Å²) in [4.78, 5) is 15.2. The van der Waals surface area contributed by atoms with Gasteiger partial charge in [0.15, 0.2) is 0 Å². The van der Waals surface area contributed by atoms with Crippen LogP contribution in [-0.2, 0) is 14.1 Å². The van der Waals surface area contributed by atoms with Crippen LogP contribution in [0.15, 0.2) is 18.3 Å². The van der Waals surface area contributed by atoms with Crippen LogP contribution in [-0.4, -0.2) is 34.4 Å². The molecule has 2 rings (SSSR count). The molecule has 0 aliphatic carbocycles. The molecule has 5 nitrogen and oxygen atoms in total. The molecule has 1 N–H and O–H groups in total. The van der Waals surface area contributed by atoms with Crippen molar-refractivity contribution in [3.8, 4) is 0 Å². The fourth-order valence-corrected chi connectivity index (χ4v) is 2.33. The molecule has 1 saturated heterocycles. The monoisotopic (exact) mass is 311 g/mol. The van der Waals surface area contributed by atoms with Gasteiger partial charge in [-0.3, -0.25) is 4.79 Å². The highest BCUT2D eigenvalue weighted by molar-refractivity contribution is 6.48. The van der Waals surface area contributed by atoms with Crippen molar-refractivity contribution >= 4 is 24.7 Å². The van der Waals surface area contributed by atoms with Gasteiger partial charge in [-0.25, -0.2) is 4.98 Å². The van der Waals surface area contributed by atoms with Crippen molar-refractivity contribution < 1.29 is 19.2 Å². The zero-order valence-electron chi connectivity index (χ0n) is 12.6. The van der Waals surface area contributed by atoms with Crippen molar-refractivity contribution in [2.75, 3.05) is 0 Å². The standard InChI is InChI=1S/C14H19BClNO4/c1-13(2)14(3,4)21-15(20-13)10(7-12(18)19)9-5-6-11(16)17-8-9/h5-6,8,10H,7H2,1-4H3,(H,18,19). The van der Waals surface area contributed by atoms with E-state index in [2.05, 4.69) is 4.98 Å². The minimum absolute atomic E-state index is 0.0971. The van der Waals surface area contributed by atoms with Crippen molar-refractivity contribution in [1.82, 2.24) is 4.98 Å². The number of carbonyl (C=O) groups is 1. The van der Waals surface area contributed by atoms with Crippen LogP contribution < -0.4 is 0 Å². The molecule has 1 aliphatic rings.